The fourth-order valence-electron chi connectivity index (χ4n) is 4.66. The number of likely N-dealkylation sites (N-methyl/N-ethyl adjacent to an activating group) is 1. The number of anilines is 1. The second-order valence-electron chi connectivity index (χ2n) is 8.44. The van der Waals surface area contributed by atoms with Gasteiger partial charge < -0.3 is 15.5 Å². The molecule has 0 spiro atoms. The Kier molecular flexibility index (Phi) is 5.02. The largest absolute Gasteiger partial charge is 0.384 e. The highest BCUT2D eigenvalue weighted by Gasteiger charge is 2.34. The summed E-state index contributed by atoms with van der Waals surface area (Å²) in [7, 11) is 3.99. The van der Waals surface area contributed by atoms with E-state index < -0.39 is 0 Å². The van der Waals surface area contributed by atoms with E-state index in [2.05, 4.69) is 26.9 Å². The standard InChI is InChI=1S/C21H25ClN8O/c1-28-6-3-5-12(10-28)15-16(21(31)30-7-4-8-30)20(22)26-18-17(27-29(2)19(15)18)13-9-14(23)25-11-24-13/h9,11-12H,3-8,10H2,1-2H3,(H2,23,24,25). The first-order chi connectivity index (χ1) is 14.9. The molecular formula is C21H25ClN8O. The lowest BCUT2D eigenvalue weighted by molar-refractivity contribution is 0.0649. The second kappa shape index (κ2) is 7.72. The molecule has 5 rings (SSSR count). The van der Waals surface area contributed by atoms with Crippen molar-refractivity contribution in [3.8, 4) is 11.4 Å². The highest BCUT2D eigenvalue weighted by molar-refractivity contribution is 6.33. The van der Waals surface area contributed by atoms with Crippen LogP contribution in [0.3, 0.4) is 0 Å². The summed E-state index contributed by atoms with van der Waals surface area (Å²) in [6.07, 6.45) is 4.48. The molecule has 5 heterocycles. The van der Waals surface area contributed by atoms with Gasteiger partial charge in [-0.15, -0.1) is 0 Å². The number of hydrogen-bond donors (Lipinski definition) is 1. The number of halogens is 1. The molecule has 162 valence electrons. The predicted octanol–water partition coefficient (Wildman–Crippen LogP) is 2.32. The number of pyridine rings is 1. The van der Waals surface area contributed by atoms with Gasteiger partial charge in [-0.2, -0.15) is 5.10 Å². The molecule has 3 aromatic rings. The Morgan fingerprint density at radius 1 is 1.19 bits per heavy atom. The number of rotatable bonds is 3. The molecule has 0 bridgehead atoms. The van der Waals surface area contributed by atoms with Crippen LogP contribution in [0.15, 0.2) is 12.4 Å². The maximum Gasteiger partial charge on any atom is 0.257 e. The minimum absolute atomic E-state index is 0.0390. The van der Waals surface area contributed by atoms with Crippen molar-refractivity contribution in [1.82, 2.24) is 34.5 Å². The van der Waals surface area contributed by atoms with Gasteiger partial charge in [-0.25, -0.2) is 15.0 Å². The van der Waals surface area contributed by atoms with Crippen LogP contribution in [-0.2, 0) is 7.05 Å². The molecule has 10 heteroatoms. The number of carbonyl (C=O) groups is 1. The number of nitrogens with two attached hydrogens (primary N) is 1. The number of piperidine rings is 1. The zero-order chi connectivity index (χ0) is 21.7. The molecule has 2 N–H and O–H groups in total. The molecule has 31 heavy (non-hydrogen) atoms. The first-order valence-electron chi connectivity index (χ1n) is 10.6. The highest BCUT2D eigenvalue weighted by atomic mass is 35.5. The van der Waals surface area contributed by atoms with E-state index in [9.17, 15) is 4.79 Å². The minimum Gasteiger partial charge on any atom is -0.384 e. The summed E-state index contributed by atoms with van der Waals surface area (Å²) < 4.78 is 1.79. The van der Waals surface area contributed by atoms with Crippen LogP contribution < -0.4 is 5.73 Å². The lowest BCUT2D eigenvalue weighted by atomic mass is 9.86. The van der Waals surface area contributed by atoms with Gasteiger partial charge in [-0.3, -0.25) is 9.48 Å². The summed E-state index contributed by atoms with van der Waals surface area (Å²) in [6.45, 7) is 3.42. The van der Waals surface area contributed by atoms with Crippen LogP contribution in [-0.4, -0.2) is 73.7 Å². The Morgan fingerprint density at radius 2 is 2.00 bits per heavy atom. The summed E-state index contributed by atoms with van der Waals surface area (Å²) in [6, 6.07) is 1.67. The van der Waals surface area contributed by atoms with Gasteiger partial charge in [-0.05, 0) is 44.3 Å². The average Bonchev–Trinajstić information content (AvgIpc) is 3.01. The van der Waals surface area contributed by atoms with E-state index in [4.69, 9.17) is 22.4 Å². The normalized spacial score (nSPS) is 19.6. The van der Waals surface area contributed by atoms with E-state index in [0.29, 0.717) is 28.3 Å². The van der Waals surface area contributed by atoms with Crippen molar-refractivity contribution in [2.24, 2.45) is 7.05 Å². The average molecular weight is 441 g/mol. The van der Waals surface area contributed by atoms with Crippen molar-refractivity contribution in [2.75, 3.05) is 39.0 Å². The van der Waals surface area contributed by atoms with E-state index >= 15 is 0 Å². The van der Waals surface area contributed by atoms with Gasteiger partial charge in [-0.1, -0.05) is 11.6 Å². The molecule has 2 aliphatic heterocycles. The molecule has 2 fully saturated rings. The van der Waals surface area contributed by atoms with E-state index in [1.54, 1.807) is 10.7 Å². The Labute approximate surface area is 185 Å². The molecule has 3 aromatic heterocycles. The zero-order valence-electron chi connectivity index (χ0n) is 17.7. The Balaban J connectivity index is 1.77. The number of nitrogens with zero attached hydrogens (tertiary/aromatic N) is 7. The van der Waals surface area contributed by atoms with E-state index in [1.807, 2.05) is 11.9 Å². The fourth-order valence-corrected chi connectivity index (χ4v) is 4.93. The van der Waals surface area contributed by atoms with Crippen LogP contribution >= 0.6 is 11.6 Å². The van der Waals surface area contributed by atoms with E-state index in [-0.39, 0.29) is 17.0 Å². The molecule has 0 aliphatic carbocycles. The molecule has 2 aliphatic rings. The van der Waals surface area contributed by atoms with Crippen LogP contribution in [0.2, 0.25) is 5.15 Å². The molecule has 1 amide bonds. The SMILES string of the molecule is CN1CCCC(c2c(C(=O)N3CCC3)c(Cl)nc3c(-c4cc(N)ncn4)nn(C)c23)C1. The van der Waals surface area contributed by atoms with Gasteiger partial charge >= 0.3 is 0 Å². The number of likely N-dealkylation sites (tertiary alicyclic amines) is 2. The highest BCUT2D eigenvalue weighted by Crippen LogP contribution is 2.40. The number of fused-ring (bicyclic) bond motifs is 1. The number of aromatic nitrogens is 5. The van der Waals surface area contributed by atoms with Crippen LogP contribution in [0.1, 0.15) is 41.1 Å². The summed E-state index contributed by atoms with van der Waals surface area (Å²) in [5, 5.41) is 4.93. The quantitative estimate of drug-likeness (QED) is 0.623. The topological polar surface area (TPSA) is 106 Å². The Morgan fingerprint density at radius 3 is 2.68 bits per heavy atom. The first kappa shape index (κ1) is 20.1. The molecule has 0 saturated carbocycles. The summed E-state index contributed by atoms with van der Waals surface area (Å²) in [4.78, 5) is 30.5. The molecule has 2 saturated heterocycles. The Bertz CT molecular complexity index is 1170. The lowest BCUT2D eigenvalue weighted by Crippen LogP contribution is -2.43. The number of amides is 1. The van der Waals surface area contributed by atoms with Crippen molar-refractivity contribution < 1.29 is 4.79 Å². The minimum atomic E-state index is -0.0390. The number of carbonyl (C=O) groups excluding carboxylic acids is 1. The van der Waals surface area contributed by atoms with Gasteiger partial charge in [0, 0.05) is 32.7 Å². The molecule has 9 nitrogen and oxygen atoms in total. The number of aryl methyl sites for hydroxylation is 1. The van der Waals surface area contributed by atoms with Crippen molar-refractivity contribution in [2.45, 2.75) is 25.2 Å². The number of nitrogen functional groups attached to an aromatic ring is 1. The molecule has 0 radical (unpaired) electrons. The monoisotopic (exact) mass is 440 g/mol. The maximum atomic E-state index is 13.4. The van der Waals surface area contributed by atoms with Crippen molar-refractivity contribution in [3.63, 3.8) is 0 Å². The fraction of sp³-hybridized carbons (Fsp3) is 0.476. The maximum absolute atomic E-state index is 13.4. The zero-order valence-corrected chi connectivity index (χ0v) is 18.4. The van der Waals surface area contributed by atoms with Crippen LogP contribution in [0, 0.1) is 0 Å². The van der Waals surface area contributed by atoms with Crippen LogP contribution in [0.25, 0.3) is 22.4 Å². The third-order valence-electron chi connectivity index (χ3n) is 6.28. The van der Waals surface area contributed by atoms with Gasteiger partial charge in [0.2, 0.25) is 0 Å². The molecule has 1 atom stereocenters. The molecule has 0 aromatic carbocycles. The van der Waals surface area contributed by atoms with Crippen LogP contribution in [0.4, 0.5) is 5.82 Å². The summed E-state index contributed by atoms with van der Waals surface area (Å²) in [5.74, 6) is 0.484. The first-order valence-corrected chi connectivity index (χ1v) is 10.9. The van der Waals surface area contributed by atoms with Crippen molar-refractivity contribution >= 4 is 34.4 Å². The van der Waals surface area contributed by atoms with Crippen molar-refractivity contribution in [3.05, 3.63) is 28.7 Å². The summed E-state index contributed by atoms with van der Waals surface area (Å²) >= 11 is 6.72. The third kappa shape index (κ3) is 3.41. The summed E-state index contributed by atoms with van der Waals surface area (Å²) in [5.41, 5.74) is 9.97. The predicted molar refractivity (Wildman–Crippen MR) is 119 cm³/mol. The van der Waals surface area contributed by atoms with Gasteiger partial charge in [0.15, 0.2) is 0 Å². The number of hydrogen-bond acceptors (Lipinski definition) is 7. The van der Waals surface area contributed by atoms with Gasteiger partial charge in [0.25, 0.3) is 5.91 Å². The third-order valence-corrected chi connectivity index (χ3v) is 6.56. The molecular weight excluding hydrogens is 416 g/mol. The van der Waals surface area contributed by atoms with Gasteiger partial charge in [0.05, 0.1) is 16.8 Å². The second-order valence-corrected chi connectivity index (χ2v) is 8.79. The smallest absolute Gasteiger partial charge is 0.257 e. The molecule has 1 unspecified atom stereocenters. The lowest BCUT2D eigenvalue weighted by Gasteiger charge is -2.34. The van der Waals surface area contributed by atoms with Crippen LogP contribution in [0.5, 0.6) is 0 Å². The van der Waals surface area contributed by atoms with Gasteiger partial charge in [0.1, 0.15) is 28.5 Å². The van der Waals surface area contributed by atoms with E-state index in [0.717, 1.165) is 56.5 Å². The van der Waals surface area contributed by atoms with Crippen molar-refractivity contribution in [1.29, 1.82) is 0 Å². The van der Waals surface area contributed by atoms with E-state index in [1.165, 1.54) is 6.33 Å². The Hall–Kier alpha value is -2.78.